The molecule has 0 amide bonds. The van der Waals surface area contributed by atoms with E-state index in [9.17, 15) is 0 Å². The molecule has 0 saturated heterocycles. The average Bonchev–Trinajstić information content (AvgIpc) is 3.51. The Bertz CT molecular complexity index is 1320. The van der Waals surface area contributed by atoms with E-state index in [1.807, 2.05) is 75.9 Å². The van der Waals surface area contributed by atoms with Crippen LogP contribution in [-0.2, 0) is 13.6 Å². The maximum atomic E-state index is 5.84. The van der Waals surface area contributed by atoms with Crippen molar-refractivity contribution in [1.82, 2.24) is 29.1 Å². The molecule has 0 atom stereocenters. The molecule has 8 heteroatoms. The highest BCUT2D eigenvalue weighted by molar-refractivity contribution is 5.65. The molecule has 0 radical (unpaired) electrons. The summed E-state index contributed by atoms with van der Waals surface area (Å²) in [5.41, 5.74) is 12.4. The fourth-order valence-corrected chi connectivity index (χ4v) is 3.36. The Labute approximate surface area is 200 Å². The van der Waals surface area contributed by atoms with Crippen molar-refractivity contribution in [2.45, 2.75) is 34.2 Å². The molecular weight excluding hydrogens is 424 g/mol. The van der Waals surface area contributed by atoms with Crippen LogP contribution in [0.1, 0.15) is 33.3 Å². The van der Waals surface area contributed by atoms with Crippen molar-refractivity contribution in [3.63, 3.8) is 0 Å². The Hall–Kier alpha value is -4.20. The Morgan fingerprint density at radius 2 is 1.65 bits per heavy atom. The number of nitrogens with zero attached hydrogens (tertiary/aromatic N) is 6. The topological polar surface area (TPSA) is 99.0 Å². The number of fused-ring (bicyclic) bond motifs is 1. The number of aromatic nitrogens is 6. The molecule has 176 valence electrons. The molecule has 34 heavy (non-hydrogen) atoms. The molecule has 0 aliphatic carbocycles. The normalized spacial score (nSPS) is 10.1. The van der Waals surface area contributed by atoms with E-state index in [0.717, 1.165) is 39.5 Å². The second-order valence-corrected chi connectivity index (χ2v) is 7.07. The molecule has 1 aromatic carbocycles. The minimum absolute atomic E-state index is 0.660. The number of nitrogens with two attached hydrogens (primary N) is 1. The van der Waals surface area contributed by atoms with Crippen molar-refractivity contribution in [3.05, 3.63) is 79.1 Å². The van der Waals surface area contributed by atoms with Gasteiger partial charge in [-0.15, -0.1) is 0 Å². The molecule has 0 aliphatic rings. The van der Waals surface area contributed by atoms with Crippen molar-refractivity contribution in [3.8, 4) is 22.5 Å². The zero-order chi connectivity index (χ0) is 24.5. The van der Waals surface area contributed by atoms with Gasteiger partial charge in [-0.3, -0.25) is 9.08 Å². The Kier molecular flexibility index (Phi) is 8.34. The van der Waals surface area contributed by atoms with Gasteiger partial charge in [0.1, 0.15) is 17.8 Å². The summed E-state index contributed by atoms with van der Waals surface area (Å²) < 4.78 is 3.76. The first-order chi connectivity index (χ1) is 16.7. The van der Waals surface area contributed by atoms with E-state index in [2.05, 4.69) is 49.6 Å². The van der Waals surface area contributed by atoms with Crippen molar-refractivity contribution in [2.24, 2.45) is 7.05 Å². The number of anilines is 2. The molecule has 0 bridgehead atoms. The molecule has 8 nitrogen and oxygen atoms in total. The van der Waals surface area contributed by atoms with Gasteiger partial charge in [-0.1, -0.05) is 52.0 Å². The fourth-order valence-electron chi connectivity index (χ4n) is 3.36. The lowest BCUT2D eigenvalue weighted by Crippen LogP contribution is -2.02. The Morgan fingerprint density at radius 3 is 2.35 bits per heavy atom. The third-order valence-corrected chi connectivity index (χ3v) is 4.93. The SMILES string of the molecule is CC.CC.Cn1cc(-c2ccc(CNc3cc(-c4cnc5cc(N)ccn45)ncn3)cc2)cn1. The summed E-state index contributed by atoms with van der Waals surface area (Å²) in [4.78, 5) is 13.2. The van der Waals surface area contributed by atoms with Gasteiger partial charge in [0.15, 0.2) is 0 Å². The second-order valence-electron chi connectivity index (χ2n) is 7.07. The molecule has 5 rings (SSSR count). The molecule has 4 heterocycles. The van der Waals surface area contributed by atoms with Crippen LogP contribution < -0.4 is 11.1 Å². The molecule has 5 aromatic rings. The smallest absolute Gasteiger partial charge is 0.139 e. The van der Waals surface area contributed by atoms with Gasteiger partial charge in [0.05, 0.1) is 23.8 Å². The van der Waals surface area contributed by atoms with Crippen LogP contribution in [0.5, 0.6) is 0 Å². The molecule has 4 aromatic heterocycles. The van der Waals surface area contributed by atoms with Gasteiger partial charge in [0, 0.05) is 49.4 Å². The number of hydrogen-bond donors (Lipinski definition) is 2. The third kappa shape index (κ3) is 5.58. The molecule has 0 unspecified atom stereocenters. The van der Waals surface area contributed by atoms with Crippen LogP contribution in [0, 0.1) is 0 Å². The fraction of sp³-hybridized carbons (Fsp3) is 0.231. The van der Waals surface area contributed by atoms with Gasteiger partial charge in [0.25, 0.3) is 0 Å². The van der Waals surface area contributed by atoms with E-state index >= 15 is 0 Å². The predicted molar refractivity (Wildman–Crippen MR) is 139 cm³/mol. The molecule has 3 N–H and O–H groups in total. The summed E-state index contributed by atoms with van der Waals surface area (Å²) in [6, 6.07) is 14.0. The summed E-state index contributed by atoms with van der Waals surface area (Å²) in [5, 5.41) is 7.59. The first-order valence-corrected chi connectivity index (χ1v) is 11.5. The van der Waals surface area contributed by atoms with Gasteiger partial charge in [-0.05, 0) is 17.2 Å². The van der Waals surface area contributed by atoms with E-state index < -0.39 is 0 Å². The van der Waals surface area contributed by atoms with Gasteiger partial charge in [-0.25, -0.2) is 15.0 Å². The maximum absolute atomic E-state index is 5.84. The van der Waals surface area contributed by atoms with E-state index in [-0.39, 0.29) is 0 Å². The van der Waals surface area contributed by atoms with Crippen molar-refractivity contribution in [1.29, 1.82) is 0 Å². The summed E-state index contributed by atoms with van der Waals surface area (Å²) >= 11 is 0. The van der Waals surface area contributed by atoms with Crippen LogP contribution >= 0.6 is 0 Å². The van der Waals surface area contributed by atoms with Crippen LogP contribution in [0.4, 0.5) is 11.5 Å². The average molecular weight is 457 g/mol. The number of benzene rings is 1. The number of aryl methyl sites for hydroxylation is 1. The van der Waals surface area contributed by atoms with E-state index in [1.165, 1.54) is 0 Å². The van der Waals surface area contributed by atoms with Gasteiger partial charge >= 0.3 is 0 Å². The van der Waals surface area contributed by atoms with Crippen LogP contribution in [0.15, 0.2) is 73.6 Å². The van der Waals surface area contributed by atoms with Crippen LogP contribution in [0.25, 0.3) is 28.2 Å². The minimum Gasteiger partial charge on any atom is -0.399 e. The first-order valence-electron chi connectivity index (χ1n) is 11.5. The van der Waals surface area contributed by atoms with Crippen molar-refractivity contribution in [2.75, 3.05) is 11.1 Å². The quantitative estimate of drug-likeness (QED) is 0.365. The standard InChI is InChI=1S/C22H20N8.2C2H6/c1-29-13-17(11-28-29)16-4-2-15(3-5-16)10-24-21-9-19(26-14-27-21)20-12-25-22-8-18(23)6-7-30(20)22;2*1-2/h2-9,11-14H,10,23H2,1H3,(H,24,26,27);2*1-2H3. The summed E-state index contributed by atoms with van der Waals surface area (Å²) in [7, 11) is 1.92. The zero-order valence-electron chi connectivity index (χ0n) is 20.4. The Balaban J connectivity index is 0.000000771. The highest BCUT2D eigenvalue weighted by Crippen LogP contribution is 2.22. The zero-order valence-corrected chi connectivity index (χ0v) is 20.4. The number of hydrogen-bond acceptors (Lipinski definition) is 6. The molecule has 0 fully saturated rings. The molecule has 0 saturated carbocycles. The summed E-state index contributed by atoms with van der Waals surface area (Å²) in [6.07, 6.45) is 9.11. The van der Waals surface area contributed by atoms with Crippen molar-refractivity contribution >= 4 is 17.2 Å². The minimum atomic E-state index is 0.660. The van der Waals surface area contributed by atoms with E-state index in [0.29, 0.717) is 12.2 Å². The van der Waals surface area contributed by atoms with Gasteiger partial charge in [0.2, 0.25) is 0 Å². The number of pyridine rings is 1. The summed E-state index contributed by atoms with van der Waals surface area (Å²) in [6.45, 7) is 8.66. The van der Waals surface area contributed by atoms with Gasteiger partial charge in [-0.2, -0.15) is 5.10 Å². The van der Waals surface area contributed by atoms with Gasteiger partial charge < -0.3 is 11.1 Å². The maximum Gasteiger partial charge on any atom is 0.139 e. The van der Waals surface area contributed by atoms with Crippen LogP contribution in [-0.4, -0.2) is 29.1 Å². The summed E-state index contributed by atoms with van der Waals surface area (Å²) in [5.74, 6) is 0.752. The number of nitrogen functional groups attached to an aromatic ring is 1. The lowest BCUT2D eigenvalue weighted by molar-refractivity contribution is 0.768. The lowest BCUT2D eigenvalue weighted by Gasteiger charge is -2.08. The van der Waals surface area contributed by atoms with E-state index in [4.69, 9.17) is 5.73 Å². The third-order valence-electron chi connectivity index (χ3n) is 4.93. The first kappa shape index (κ1) is 24.4. The largest absolute Gasteiger partial charge is 0.399 e. The lowest BCUT2D eigenvalue weighted by atomic mass is 10.1. The molecule has 0 aliphatic heterocycles. The molecular formula is C26H32N8. The predicted octanol–water partition coefficient (Wildman–Crippen LogP) is 5.44. The highest BCUT2D eigenvalue weighted by Gasteiger charge is 2.09. The van der Waals surface area contributed by atoms with Crippen LogP contribution in [0.2, 0.25) is 0 Å². The number of rotatable bonds is 5. The number of nitrogens with one attached hydrogen (secondary N) is 1. The monoisotopic (exact) mass is 456 g/mol. The molecule has 0 spiro atoms. The van der Waals surface area contributed by atoms with Crippen molar-refractivity contribution < 1.29 is 0 Å². The van der Waals surface area contributed by atoms with E-state index in [1.54, 1.807) is 17.2 Å². The highest BCUT2D eigenvalue weighted by atomic mass is 15.2. The second kappa shape index (κ2) is 11.6. The van der Waals surface area contributed by atoms with Crippen LogP contribution in [0.3, 0.4) is 0 Å². The Morgan fingerprint density at radius 1 is 0.882 bits per heavy atom. The number of imidazole rings is 1.